The number of nitrogens with zero attached hydrogens (tertiary/aromatic N) is 2. The molecule has 0 N–H and O–H groups in total. The highest BCUT2D eigenvalue weighted by Crippen LogP contribution is 2.27. The average Bonchev–Trinajstić information content (AvgIpc) is 2.47. The van der Waals surface area contributed by atoms with Crippen molar-refractivity contribution in [1.82, 2.24) is 9.80 Å². The molecule has 0 unspecified atom stereocenters. The Balaban J connectivity index is 1.95. The topological polar surface area (TPSA) is 15.7 Å². The summed E-state index contributed by atoms with van der Waals surface area (Å²) in [5.41, 5.74) is 1.57. The van der Waals surface area contributed by atoms with Crippen LogP contribution in [0.2, 0.25) is 0 Å². The van der Waals surface area contributed by atoms with Crippen molar-refractivity contribution in [2.75, 3.05) is 39.3 Å². The number of halogens is 3. The lowest BCUT2D eigenvalue weighted by atomic mass is 10.1. The van der Waals surface area contributed by atoms with E-state index in [1.54, 1.807) is 12.1 Å². The largest absolute Gasteiger partial charge is 0.573 e. The molecule has 0 radical (unpaired) electrons. The predicted octanol–water partition coefficient (Wildman–Crippen LogP) is 3.07. The first-order chi connectivity index (χ1) is 10.4. The standard InChI is InChI=1S/C16H23F3N2O/c1-3-20-8-10-21(11-9-20)7-6-14-12-13(2)4-5-15(14)22-16(17,18)19/h4-5,12H,3,6-11H2,1-2H3. The third-order valence-corrected chi connectivity index (χ3v) is 4.05. The second-order valence-corrected chi connectivity index (χ2v) is 5.68. The molecule has 1 saturated heterocycles. The van der Waals surface area contributed by atoms with Crippen LogP contribution in [0.3, 0.4) is 0 Å². The van der Waals surface area contributed by atoms with E-state index in [-0.39, 0.29) is 5.75 Å². The van der Waals surface area contributed by atoms with E-state index >= 15 is 0 Å². The van der Waals surface area contributed by atoms with E-state index in [4.69, 9.17) is 0 Å². The first kappa shape index (κ1) is 17.1. The first-order valence-corrected chi connectivity index (χ1v) is 7.67. The Morgan fingerprint density at radius 2 is 1.73 bits per heavy atom. The second kappa shape index (κ2) is 7.33. The van der Waals surface area contributed by atoms with Gasteiger partial charge in [-0.3, -0.25) is 0 Å². The molecule has 0 bridgehead atoms. The van der Waals surface area contributed by atoms with Crippen LogP contribution in [-0.2, 0) is 6.42 Å². The zero-order chi connectivity index (χ0) is 16.2. The fourth-order valence-electron chi connectivity index (χ4n) is 2.74. The highest BCUT2D eigenvalue weighted by Gasteiger charge is 2.32. The van der Waals surface area contributed by atoms with Crippen molar-refractivity contribution in [2.24, 2.45) is 0 Å². The molecule has 0 aromatic heterocycles. The van der Waals surface area contributed by atoms with Gasteiger partial charge >= 0.3 is 6.36 Å². The molecule has 1 fully saturated rings. The fraction of sp³-hybridized carbons (Fsp3) is 0.625. The Morgan fingerprint density at radius 3 is 2.32 bits per heavy atom. The quantitative estimate of drug-likeness (QED) is 0.830. The second-order valence-electron chi connectivity index (χ2n) is 5.68. The lowest BCUT2D eigenvalue weighted by Gasteiger charge is -2.34. The minimum Gasteiger partial charge on any atom is -0.406 e. The van der Waals surface area contributed by atoms with Crippen LogP contribution in [-0.4, -0.2) is 55.4 Å². The molecule has 6 heteroatoms. The van der Waals surface area contributed by atoms with Crippen LogP contribution in [0.5, 0.6) is 5.75 Å². The molecule has 2 rings (SSSR count). The van der Waals surface area contributed by atoms with Gasteiger partial charge in [0.25, 0.3) is 0 Å². The highest BCUT2D eigenvalue weighted by atomic mass is 19.4. The van der Waals surface area contributed by atoms with E-state index in [0.717, 1.165) is 44.8 Å². The van der Waals surface area contributed by atoms with Crippen LogP contribution >= 0.6 is 0 Å². The average molecular weight is 316 g/mol. The number of alkyl halides is 3. The Bertz CT molecular complexity index is 483. The summed E-state index contributed by atoms with van der Waals surface area (Å²) in [6, 6.07) is 4.83. The molecule has 0 amide bonds. The molecule has 1 heterocycles. The van der Waals surface area contributed by atoms with Crippen LogP contribution in [0.25, 0.3) is 0 Å². The Morgan fingerprint density at radius 1 is 1.09 bits per heavy atom. The smallest absolute Gasteiger partial charge is 0.406 e. The summed E-state index contributed by atoms with van der Waals surface area (Å²) >= 11 is 0. The molecule has 1 aliphatic heterocycles. The number of ether oxygens (including phenoxy) is 1. The van der Waals surface area contributed by atoms with Crippen molar-refractivity contribution in [2.45, 2.75) is 26.6 Å². The minimum atomic E-state index is -4.64. The SMILES string of the molecule is CCN1CCN(CCc2cc(C)ccc2OC(F)(F)F)CC1. The monoisotopic (exact) mass is 316 g/mol. The Kier molecular flexibility index (Phi) is 5.69. The fourth-order valence-corrected chi connectivity index (χ4v) is 2.74. The van der Waals surface area contributed by atoms with E-state index < -0.39 is 6.36 Å². The van der Waals surface area contributed by atoms with E-state index in [0.29, 0.717) is 12.0 Å². The number of benzene rings is 1. The number of hydrogen-bond acceptors (Lipinski definition) is 3. The molecule has 124 valence electrons. The molecule has 0 saturated carbocycles. The van der Waals surface area contributed by atoms with Gasteiger partial charge in [0.15, 0.2) is 0 Å². The molecule has 0 spiro atoms. The number of aryl methyl sites for hydroxylation is 1. The van der Waals surface area contributed by atoms with Crippen LogP contribution in [0.4, 0.5) is 13.2 Å². The minimum absolute atomic E-state index is 0.0784. The van der Waals surface area contributed by atoms with Gasteiger partial charge in [-0.1, -0.05) is 24.6 Å². The van der Waals surface area contributed by atoms with Gasteiger partial charge in [0, 0.05) is 32.7 Å². The van der Waals surface area contributed by atoms with E-state index in [2.05, 4.69) is 21.5 Å². The van der Waals surface area contributed by atoms with Gasteiger partial charge in [-0.25, -0.2) is 0 Å². The summed E-state index contributed by atoms with van der Waals surface area (Å²) in [7, 11) is 0. The normalized spacial score (nSPS) is 17.7. The molecular weight excluding hydrogens is 293 g/mol. The molecule has 1 aliphatic rings. The van der Waals surface area contributed by atoms with E-state index in [1.807, 2.05) is 6.92 Å². The lowest BCUT2D eigenvalue weighted by molar-refractivity contribution is -0.274. The summed E-state index contributed by atoms with van der Waals surface area (Å²) in [5.74, 6) is -0.0784. The van der Waals surface area contributed by atoms with E-state index in [1.165, 1.54) is 6.07 Å². The third kappa shape index (κ3) is 5.18. The number of hydrogen-bond donors (Lipinski definition) is 0. The molecule has 22 heavy (non-hydrogen) atoms. The van der Waals surface area contributed by atoms with Gasteiger partial charge in [-0.2, -0.15) is 0 Å². The molecule has 3 nitrogen and oxygen atoms in total. The molecule has 1 aromatic carbocycles. The summed E-state index contributed by atoms with van der Waals surface area (Å²) in [5, 5.41) is 0. The van der Waals surface area contributed by atoms with Crippen LogP contribution in [0.1, 0.15) is 18.1 Å². The number of piperazine rings is 1. The van der Waals surface area contributed by atoms with Gasteiger partial charge < -0.3 is 14.5 Å². The van der Waals surface area contributed by atoms with Crippen molar-refractivity contribution in [3.05, 3.63) is 29.3 Å². The maximum absolute atomic E-state index is 12.5. The van der Waals surface area contributed by atoms with Crippen molar-refractivity contribution in [1.29, 1.82) is 0 Å². The molecule has 0 atom stereocenters. The maximum Gasteiger partial charge on any atom is 0.573 e. The van der Waals surface area contributed by atoms with Crippen LogP contribution in [0.15, 0.2) is 18.2 Å². The van der Waals surface area contributed by atoms with Crippen molar-refractivity contribution < 1.29 is 17.9 Å². The van der Waals surface area contributed by atoms with Gasteiger partial charge in [0.05, 0.1) is 0 Å². The van der Waals surface area contributed by atoms with Gasteiger partial charge in [-0.15, -0.1) is 13.2 Å². The zero-order valence-corrected chi connectivity index (χ0v) is 13.1. The Hall–Kier alpha value is -1.27. The van der Waals surface area contributed by atoms with Gasteiger partial charge in [0.1, 0.15) is 5.75 Å². The summed E-state index contributed by atoms with van der Waals surface area (Å²) in [6.45, 7) is 9.81. The molecule has 0 aliphatic carbocycles. The van der Waals surface area contributed by atoms with Gasteiger partial charge in [0.2, 0.25) is 0 Å². The molecular formula is C16H23F3N2O. The predicted molar refractivity (Wildman–Crippen MR) is 80.1 cm³/mol. The number of rotatable bonds is 5. The van der Waals surface area contributed by atoms with Gasteiger partial charge in [-0.05, 0) is 31.5 Å². The number of likely N-dealkylation sites (N-methyl/N-ethyl adjacent to an activating group) is 1. The Labute approximate surface area is 129 Å². The summed E-state index contributed by atoms with van der Waals surface area (Å²) in [6.07, 6.45) is -4.07. The lowest BCUT2D eigenvalue weighted by Crippen LogP contribution is -2.46. The van der Waals surface area contributed by atoms with Crippen LogP contribution < -0.4 is 4.74 Å². The first-order valence-electron chi connectivity index (χ1n) is 7.67. The molecule has 1 aromatic rings. The van der Waals surface area contributed by atoms with Crippen molar-refractivity contribution in [3.63, 3.8) is 0 Å². The van der Waals surface area contributed by atoms with Crippen molar-refractivity contribution >= 4 is 0 Å². The third-order valence-electron chi connectivity index (χ3n) is 4.05. The zero-order valence-electron chi connectivity index (χ0n) is 13.1. The van der Waals surface area contributed by atoms with E-state index in [9.17, 15) is 13.2 Å². The van der Waals surface area contributed by atoms with Crippen molar-refractivity contribution in [3.8, 4) is 5.75 Å². The van der Waals surface area contributed by atoms with Crippen LogP contribution in [0, 0.1) is 6.92 Å². The summed E-state index contributed by atoms with van der Waals surface area (Å²) < 4.78 is 41.5. The summed E-state index contributed by atoms with van der Waals surface area (Å²) in [4.78, 5) is 4.67. The highest BCUT2D eigenvalue weighted by molar-refractivity contribution is 5.37. The maximum atomic E-state index is 12.5.